The molecule has 0 spiro atoms. The standard InChI is InChI=1S/C12H16N6O6/c13-7-5-8(16-3-15-7)18(4-17-5)9-6(21)11(23,1-19)12(2-20,24-9)10(14)22/h3-4,6,9,19-21,23H,1-2H2,(H2,14,22)(H2,13,15,16)/t6-,9+,11-,12-/m0/s1. The summed E-state index contributed by atoms with van der Waals surface area (Å²) in [5.41, 5.74) is 6.33. The number of amides is 1. The predicted molar refractivity (Wildman–Crippen MR) is 76.9 cm³/mol. The summed E-state index contributed by atoms with van der Waals surface area (Å²) in [6.07, 6.45) is -0.879. The summed E-state index contributed by atoms with van der Waals surface area (Å²) in [4.78, 5) is 23.5. The number of imidazole rings is 1. The Bertz CT molecular complexity index is 797. The van der Waals surface area contributed by atoms with E-state index < -0.39 is 42.7 Å². The third-order valence-corrected chi connectivity index (χ3v) is 4.30. The Hall–Kier alpha value is -2.38. The first-order chi connectivity index (χ1) is 11.3. The number of carbonyl (C=O) groups excluding carboxylic acids is 1. The summed E-state index contributed by atoms with van der Waals surface area (Å²) < 4.78 is 6.60. The number of rotatable bonds is 4. The number of anilines is 1. The van der Waals surface area contributed by atoms with E-state index in [1.165, 1.54) is 10.9 Å². The number of carbonyl (C=O) groups is 1. The van der Waals surface area contributed by atoms with Crippen molar-refractivity contribution in [2.45, 2.75) is 23.5 Å². The van der Waals surface area contributed by atoms with Crippen LogP contribution in [0, 0.1) is 0 Å². The molecule has 4 atom stereocenters. The molecule has 0 aromatic carbocycles. The lowest BCUT2D eigenvalue weighted by molar-refractivity contribution is -0.190. The quantitative estimate of drug-likeness (QED) is 0.320. The Morgan fingerprint density at radius 2 is 2.04 bits per heavy atom. The smallest absolute Gasteiger partial charge is 0.255 e. The van der Waals surface area contributed by atoms with Crippen LogP contribution < -0.4 is 11.5 Å². The van der Waals surface area contributed by atoms with Crippen LogP contribution in [-0.2, 0) is 9.53 Å². The number of aromatic nitrogens is 4. The van der Waals surface area contributed by atoms with Gasteiger partial charge in [0.15, 0.2) is 23.3 Å². The second-order valence-electron chi connectivity index (χ2n) is 5.47. The first-order valence-corrected chi connectivity index (χ1v) is 6.85. The van der Waals surface area contributed by atoms with Gasteiger partial charge in [0, 0.05) is 0 Å². The molecule has 0 saturated carbocycles. The van der Waals surface area contributed by atoms with Crippen LogP contribution in [0.4, 0.5) is 5.82 Å². The van der Waals surface area contributed by atoms with Gasteiger partial charge in [0.2, 0.25) is 5.60 Å². The summed E-state index contributed by atoms with van der Waals surface area (Å²) in [7, 11) is 0. The fraction of sp³-hybridized carbons (Fsp3) is 0.500. The summed E-state index contributed by atoms with van der Waals surface area (Å²) in [5, 5.41) is 40.1. The Kier molecular flexibility index (Phi) is 3.65. The van der Waals surface area contributed by atoms with Crippen LogP contribution in [0.3, 0.4) is 0 Å². The van der Waals surface area contributed by atoms with Gasteiger partial charge in [-0.15, -0.1) is 0 Å². The lowest BCUT2D eigenvalue weighted by Gasteiger charge is -2.36. The van der Waals surface area contributed by atoms with Gasteiger partial charge in [-0.05, 0) is 0 Å². The lowest BCUT2D eigenvalue weighted by Crippen LogP contribution is -2.66. The lowest BCUT2D eigenvalue weighted by atomic mass is 9.81. The molecule has 1 aliphatic heterocycles. The molecule has 24 heavy (non-hydrogen) atoms. The second kappa shape index (κ2) is 5.32. The second-order valence-corrected chi connectivity index (χ2v) is 5.47. The van der Waals surface area contributed by atoms with Crippen molar-refractivity contribution >= 4 is 22.9 Å². The van der Waals surface area contributed by atoms with E-state index in [9.17, 15) is 25.2 Å². The zero-order valence-electron chi connectivity index (χ0n) is 12.3. The average molecular weight is 340 g/mol. The van der Waals surface area contributed by atoms with Crippen molar-refractivity contribution in [3.8, 4) is 0 Å². The zero-order valence-corrected chi connectivity index (χ0v) is 12.3. The Morgan fingerprint density at radius 3 is 2.58 bits per heavy atom. The summed E-state index contributed by atoms with van der Waals surface area (Å²) in [6, 6.07) is 0. The largest absolute Gasteiger partial charge is 0.393 e. The molecule has 0 radical (unpaired) electrons. The fourth-order valence-electron chi connectivity index (χ4n) is 2.86. The van der Waals surface area contributed by atoms with E-state index in [0.717, 1.165) is 6.33 Å². The van der Waals surface area contributed by atoms with Gasteiger partial charge in [-0.2, -0.15) is 0 Å². The van der Waals surface area contributed by atoms with Crippen LogP contribution >= 0.6 is 0 Å². The number of hydrogen-bond acceptors (Lipinski definition) is 10. The molecule has 1 amide bonds. The molecular formula is C12H16N6O6. The SMILES string of the molecule is NC(=O)[C@]1(CO)O[C@@H](n2cnc3c(N)ncnc32)[C@H](O)[C@@]1(O)CO. The third-order valence-electron chi connectivity index (χ3n) is 4.30. The number of primary amides is 1. The van der Waals surface area contributed by atoms with Crippen LogP contribution in [0.25, 0.3) is 11.2 Å². The Morgan fingerprint density at radius 1 is 1.33 bits per heavy atom. The maximum absolute atomic E-state index is 11.8. The van der Waals surface area contributed by atoms with Crippen LogP contribution in [0.15, 0.2) is 12.7 Å². The molecule has 12 nitrogen and oxygen atoms in total. The van der Waals surface area contributed by atoms with Crippen molar-refractivity contribution in [1.29, 1.82) is 0 Å². The molecule has 130 valence electrons. The van der Waals surface area contributed by atoms with Crippen LogP contribution in [0.5, 0.6) is 0 Å². The maximum Gasteiger partial charge on any atom is 0.255 e. The van der Waals surface area contributed by atoms with Crippen LogP contribution in [0.1, 0.15) is 6.23 Å². The molecule has 3 heterocycles. The Balaban J connectivity index is 2.16. The van der Waals surface area contributed by atoms with Gasteiger partial charge in [-0.3, -0.25) is 9.36 Å². The molecule has 12 heteroatoms. The number of nitrogens with two attached hydrogens (primary N) is 2. The molecule has 0 bridgehead atoms. The normalized spacial score (nSPS) is 33.2. The van der Waals surface area contributed by atoms with Gasteiger partial charge >= 0.3 is 0 Å². The molecule has 3 rings (SSSR count). The van der Waals surface area contributed by atoms with E-state index in [4.69, 9.17) is 16.2 Å². The van der Waals surface area contributed by atoms with Gasteiger partial charge < -0.3 is 36.6 Å². The number of aliphatic hydroxyl groups excluding tert-OH is 3. The highest BCUT2D eigenvalue weighted by Crippen LogP contribution is 2.45. The molecule has 8 N–H and O–H groups in total. The fourth-order valence-corrected chi connectivity index (χ4v) is 2.86. The first-order valence-electron chi connectivity index (χ1n) is 6.85. The van der Waals surface area contributed by atoms with Crippen molar-refractivity contribution in [2.75, 3.05) is 18.9 Å². The van der Waals surface area contributed by atoms with E-state index >= 15 is 0 Å². The van der Waals surface area contributed by atoms with Crippen molar-refractivity contribution in [3.05, 3.63) is 12.7 Å². The van der Waals surface area contributed by atoms with Gasteiger partial charge in [-0.1, -0.05) is 0 Å². The number of nitrogens with zero attached hydrogens (tertiary/aromatic N) is 4. The van der Waals surface area contributed by atoms with Crippen molar-refractivity contribution in [1.82, 2.24) is 19.5 Å². The minimum atomic E-state index is -2.53. The van der Waals surface area contributed by atoms with Gasteiger partial charge in [0.1, 0.15) is 17.9 Å². The van der Waals surface area contributed by atoms with E-state index in [1.807, 2.05) is 0 Å². The van der Waals surface area contributed by atoms with E-state index in [2.05, 4.69) is 15.0 Å². The number of hydrogen-bond donors (Lipinski definition) is 6. The van der Waals surface area contributed by atoms with E-state index in [0.29, 0.717) is 0 Å². The van der Waals surface area contributed by atoms with Crippen molar-refractivity contribution < 1.29 is 30.0 Å². The summed E-state index contributed by atoms with van der Waals surface area (Å²) >= 11 is 0. The number of nitrogen functional groups attached to an aromatic ring is 1. The summed E-state index contributed by atoms with van der Waals surface area (Å²) in [5.74, 6) is -1.17. The van der Waals surface area contributed by atoms with Crippen molar-refractivity contribution in [3.63, 3.8) is 0 Å². The first kappa shape index (κ1) is 16.5. The molecule has 1 aliphatic rings. The molecule has 2 aromatic rings. The van der Waals surface area contributed by atoms with Gasteiger partial charge in [-0.25, -0.2) is 15.0 Å². The van der Waals surface area contributed by atoms with Crippen molar-refractivity contribution in [2.24, 2.45) is 5.73 Å². The molecule has 1 fully saturated rings. The highest BCUT2D eigenvalue weighted by molar-refractivity contribution is 5.86. The number of fused-ring (bicyclic) bond motifs is 1. The number of ether oxygens (including phenoxy) is 1. The highest BCUT2D eigenvalue weighted by Gasteiger charge is 2.68. The zero-order chi connectivity index (χ0) is 17.7. The van der Waals surface area contributed by atoms with Gasteiger partial charge in [0.05, 0.1) is 19.5 Å². The molecule has 1 saturated heterocycles. The number of aliphatic hydroxyl groups is 4. The minimum Gasteiger partial charge on any atom is -0.393 e. The average Bonchev–Trinajstić information content (AvgIpc) is 3.08. The Labute approximate surface area is 134 Å². The van der Waals surface area contributed by atoms with E-state index in [-0.39, 0.29) is 17.0 Å². The molecule has 0 aliphatic carbocycles. The molecular weight excluding hydrogens is 324 g/mol. The minimum absolute atomic E-state index is 0.0759. The highest BCUT2D eigenvalue weighted by atomic mass is 16.6. The third kappa shape index (κ3) is 1.85. The molecule has 0 unspecified atom stereocenters. The molecule has 2 aromatic heterocycles. The monoisotopic (exact) mass is 340 g/mol. The van der Waals surface area contributed by atoms with Crippen LogP contribution in [-0.4, -0.2) is 76.4 Å². The van der Waals surface area contributed by atoms with Crippen LogP contribution in [0.2, 0.25) is 0 Å². The maximum atomic E-state index is 11.8. The van der Waals surface area contributed by atoms with Gasteiger partial charge in [0.25, 0.3) is 5.91 Å². The predicted octanol–water partition coefficient (Wildman–Crippen LogP) is -3.76. The topological polar surface area (TPSA) is 203 Å². The van der Waals surface area contributed by atoms with E-state index in [1.54, 1.807) is 0 Å². The summed E-state index contributed by atoms with van der Waals surface area (Å²) in [6.45, 7) is -2.14.